The summed E-state index contributed by atoms with van der Waals surface area (Å²) in [7, 11) is 0. The molecule has 34 heavy (non-hydrogen) atoms. The Hall–Kier alpha value is -3.42. The first-order chi connectivity index (χ1) is 15.7. The third-order valence-electron chi connectivity index (χ3n) is 4.06. The average molecular weight is 556 g/mol. The van der Waals surface area contributed by atoms with Crippen LogP contribution in [-0.2, 0) is 11.3 Å². The smallest absolute Gasteiger partial charge is 0.475 e. The maximum Gasteiger partial charge on any atom is 0.490 e. The van der Waals surface area contributed by atoms with E-state index in [1.165, 1.54) is 19.1 Å². The lowest BCUT2D eigenvalue weighted by Gasteiger charge is -2.15. The Bertz CT molecular complexity index is 1260. The average Bonchev–Trinajstić information content (AvgIpc) is 2.72. The van der Waals surface area contributed by atoms with E-state index in [1.807, 2.05) is 0 Å². The van der Waals surface area contributed by atoms with Crippen LogP contribution in [0.5, 0.6) is 0 Å². The second kappa shape index (κ2) is 10.7. The number of para-hydroxylation sites is 1. The molecule has 14 heteroatoms. The lowest BCUT2D eigenvalue weighted by molar-refractivity contribution is -0.192. The lowest BCUT2D eigenvalue weighted by atomic mass is 10.2. The van der Waals surface area contributed by atoms with Crippen molar-refractivity contribution >= 4 is 27.7 Å². The van der Waals surface area contributed by atoms with Crippen LogP contribution in [0.1, 0.15) is 11.4 Å². The van der Waals surface area contributed by atoms with Crippen molar-refractivity contribution in [3.63, 3.8) is 0 Å². The Kier molecular flexibility index (Phi) is 8.42. The zero-order valence-electron chi connectivity index (χ0n) is 16.9. The number of rotatable bonds is 4. The molecule has 2 N–H and O–H groups in total. The highest BCUT2D eigenvalue weighted by atomic mass is 79.9. The summed E-state index contributed by atoms with van der Waals surface area (Å²) in [5, 5.41) is 9.88. The molecule has 0 radical (unpaired) electrons. The highest BCUT2D eigenvalue weighted by molar-refractivity contribution is 9.10. The molecular weight excluding hydrogens is 543 g/mol. The van der Waals surface area contributed by atoms with Crippen molar-refractivity contribution in [3.8, 4) is 5.69 Å². The molecule has 182 valence electrons. The Morgan fingerprint density at radius 3 is 2.15 bits per heavy atom. The molecule has 0 fully saturated rings. The molecule has 0 saturated heterocycles. The summed E-state index contributed by atoms with van der Waals surface area (Å²) in [6.07, 6.45) is -5.08. The fourth-order valence-electron chi connectivity index (χ4n) is 2.53. The van der Waals surface area contributed by atoms with Crippen LogP contribution in [0.2, 0.25) is 0 Å². The van der Waals surface area contributed by atoms with E-state index in [2.05, 4.69) is 26.2 Å². The molecule has 0 spiro atoms. The van der Waals surface area contributed by atoms with Crippen molar-refractivity contribution < 1.29 is 40.6 Å². The van der Waals surface area contributed by atoms with Crippen molar-refractivity contribution in [1.82, 2.24) is 9.55 Å². The van der Waals surface area contributed by atoms with Gasteiger partial charge in [-0.15, -0.1) is 0 Å². The van der Waals surface area contributed by atoms with Gasteiger partial charge in [0.1, 0.15) is 45.1 Å². The van der Waals surface area contributed by atoms with Crippen LogP contribution in [0.15, 0.2) is 45.7 Å². The van der Waals surface area contributed by atoms with E-state index in [-0.39, 0.29) is 28.2 Å². The number of anilines is 1. The van der Waals surface area contributed by atoms with Crippen molar-refractivity contribution in [2.75, 3.05) is 5.32 Å². The molecule has 1 aromatic heterocycles. The van der Waals surface area contributed by atoms with E-state index in [4.69, 9.17) is 9.90 Å². The monoisotopic (exact) mass is 555 g/mol. The summed E-state index contributed by atoms with van der Waals surface area (Å²) >= 11 is 3.06. The van der Waals surface area contributed by atoms with Gasteiger partial charge in [-0.1, -0.05) is 12.1 Å². The van der Waals surface area contributed by atoms with Crippen LogP contribution in [0.25, 0.3) is 5.69 Å². The quantitative estimate of drug-likeness (QED) is 0.437. The maximum absolute atomic E-state index is 14.0. The lowest BCUT2D eigenvalue weighted by Crippen LogP contribution is -2.26. The second-order valence-corrected chi connectivity index (χ2v) is 7.22. The summed E-state index contributed by atoms with van der Waals surface area (Å²) < 4.78 is 87.2. The standard InChI is InChI=1S/C18H12BrF4N3O.C2HF3O2/c1-9-25-17(24-8-10-5-6-11(20)7-14(10)23)15(19)18(27)26(9)16-12(21)3-2-4-13(16)22;3-2(4,5)1(6)7/h2-7,24H,8H2,1H3;(H,6,7). The summed E-state index contributed by atoms with van der Waals surface area (Å²) in [4.78, 5) is 25.6. The predicted molar refractivity (Wildman–Crippen MR) is 110 cm³/mol. The number of halogens is 8. The van der Waals surface area contributed by atoms with Crippen LogP contribution in [0.3, 0.4) is 0 Å². The third kappa shape index (κ3) is 6.34. The molecule has 3 aromatic rings. The molecule has 0 aliphatic heterocycles. The molecule has 1 heterocycles. The summed E-state index contributed by atoms with van der Waals surface area (Å²) in [5.74, 6) is -5.96. The molecule has 3 rings (SSSR count). The minimum absolute atomic E-state index is 0.0225. The van der Waals surface area contributed by atoms with Crippen molar-refractivity contribution in [2.45, 2.75) is 19.6 Å². The van der Waals surface area contributed by atoms with Crippen molar-refractivity contribution in [2.24, 2.45) is 0 Å². The van der Waals surface area contributed by atoms with Crippen molar-refractivity contribution in [1.29, 1.82) is 0 Å². The zero-order valence-corrected chi connectivity index (χ0v) is 18.4. The largest absolute Gasteiger partial charge is 0.490 e. The molecule has 0 bridgehead atoms. The SMILES string of the molecule is Cc1nc(NCc2ccc(F)cc2F)c(Br)c(=O)n1-c1c(F)cccc1F.O=C(O)C(F)(F)F. The molecule has 0 aliphatic rings. The van der Waals surface area contributed by atoms with E-state index in [0.29, 0.717) is 0 Å². The Morgan fingerprint density at radius 1 is 1.09 bits per heavy atom. The number of aryl methyl sites for hydroxylation is 1. The van der Waals surface area contributed by atoms with Gasteiger partial charge in [0, 0.05) is 18.2 Å². The molecule has 6 nitrogen and oxygen atoms in total. The van der Waals surface area contributed by atoms with Crippen LogP contribution >= 0.6 is 15.9 Å². The maximum atomic E-state index is 14.0. The van der Waals surface area contributed by atoms with Gasteiger partial charge in [-0.3, -0.25) is 9.36 Å². The van der Waals surface area contributed by atoms with Gasteiger partial charge in [0.2, 0.25) is 0 Å². The molecular formula is C20H13BrF7N3O3. The van der Waals surface area contributed by atoms with E-state index in [1.54, 1.807) is 0 Å². The molecule has 0 amide bonds. The number of benzene rings is 2. The number of carboxylic acids is 1. The number of carbonyl (C=O) groups is 1. The number of hydrogen-bond donors (Lipinski definition) is 2. The van der Waals surface area contributed by atoms with E-state index in [0.717, 1.165) is 28.8 Å². The number of aromatic nitrogens is 2. The van der Waals surface area contributed by atoms with Gasteiger partial charge >= 0.3 is 12.1 Å². The third-order valence-corrected chi connectivity index (χ3v) is 4.78. The van der Waals surface area contributed by atoms with Crippen LogP contribution in [0.4, 0.5) is 36.6 Å². The number of carboxylic acid groups (broad SMARTS) is 1. The first-order valence-electron chi connectivity index (χ1n) is 8.95. The van der Waals surface area contributed by atoms with Crippen LogP contribution in [0, 0.1) is 30.2 Å². The van der Waals surface area contributed by atoms with Gasteiger partial charge in [-0.25, -0.2) is 27.3 Å². The second-order valence-electron chi connectivity index (χ2n) is 6.42. The van der Waals surface area contributed by atoms with Crippen molar-refractivity contribution in [3.05, 3.63) is 85.9 Å². The molecule has 0 aliphatic carbocycles. The van der Waals surface area contributed by atoms with Gasteiger partial charge in [0.25, 0.3) is 5.56 Å². The summed E-state index contributed by atoms with van der Waals surface area (Å²) in [6.45, 7) is 1.33. The minimum atomic E-state index is -5.08. The van der Waals surface area contributed by atoms with E-state index in [9.17, 15) is 35.5 Å². The number of aliphatic carboxylic acids is 1. The summed E-state index contributed by atoms with van der Waals surface area (Å²) in [5.41, 5.74) is -1.12. The fraction of sp³-hybridized carbons (Fsp3) is 0.150. The summed E-state index contributed by atoms with van der Waals surface area (Å²) in [6, 6.07) is 6.35. The number of nitrogens with zero attached hydrogens (tertiary/aromatic N) is 2. The Balaban J connectivity index is 0.000000509. The zero-order chi connectivity index (χ0) is 25.8. The van der Waals surface area contributed by atoms with Crippen LogP contribution in [-0.4, -0.2) is 26.8 Å². The first-order valence-corrected chi connectivity index (χ1v) is 9.74. The number of alkyl halides is 3. The first kappa shape index (κ1) is 26.8. The van der Waals surface area contributed by atoms with Gasteiger partial charge in [-0.2, -0.15) is 13.2 Å². The highest BCUT2D eigenvalue weighted by Crippen LogP contribution is 2.22. The molecule has 0 atom stereocenters. The number of hydrogen-bond acceptors (Lipinski definition) is 4. The van der Waals surface area contributed by atoms with Gasteiger partial charge in [-0.05, 0) is 41.1 Å². The van der Waals surface area contributed by atoms with E-state index >= 15 is 0 Å². The van der Waals surface area contributed by atoms with Crippen LogP contribution < -0.4 is 10.9 Å². The Labute approximate surface area is 194 Å². The highest BCUT2D eigenvalue weighted by Gasteiger charge is 2.38. The van der Waals surface area contributed by atoms with Gasteiger partial charge in [0.05, 0.1) is 0 Å². The fourth-order valence-corrected chi connectivity index (χ4v) is 2.94. The van der Waals surface area contributed by atoms with Gasteiger partial charge < -0.3 is 10.4 Å². The topological polar surface area (TPSA) is 84.2 Å². The predicted octanol–water partition coefficient (Wildman–Crippen LogP) is 5.11. The number of nitrogens with one attached hydrogen (secondary N) is 1. The molecule has 2 aromatic carbocycles. The molecule has 0 saturated carbocycles. The minimum Gasteiger partial charge on any atom is -0.475 e. The van der Waals surface area contributed by atoms with E-state index < -0.39 is 46.7 Å². The Morgan fingerprint density at radius 2 is 1.65 bits per heavy atom. The normalized spacial score (nSPS) is 11.0. The van der Waals surface area contributed by atoms with Gasteiger partial charge in [0.15, 0.2) is 0 Å². The molecule has 0 unspecified atom stereocenters.